The van der Waals surface area contributed by atoms with E-state index >= 15 is 0 Å². The van der Waals surface area contributed by atoms with Crippen LogP contribution in [0.4, 0.5) is 0 Å². The first-order chi connectivity index (χ1) is 10.1. The van der Waals surface area contributed by atoms with Crippen LogP contribution in [0, 0.1) is 11.8 Å². The monoisotopic (exact) mass is 312 g/mol. The Hall–Kier alpha value is -0.910. The molecule has 21 heavy (non-hydrogen) atoms. The van der Waals surface area contributed by atoms with Crippen molar-refractivity contribution in [3.05, 3.63) is 22.4 Å². The zero-order valence-corrected chi connectivity index (χ0v) is 14.2. The van der Waals surface area contributed by atoms with Crippen molar-refractivity contribution in [2.24, 2.45) is 17.6 Å². The summed E-state index contributed by atoms with van der Waals surface area (Å²) in [6.07, 6.45) is 1.53. The van der Waals surface area contributed by atoms with Crippen LogP contribution in [-0.4, -0.2) is 37.6 Å². The Morgan fingerprint density at radius 3 is 2.76 bits per heavy atom. The highest BCUT2D eigenvalue weighted by atomic mass is 32.1. The zero-order chi connectivity index (χ0) is 15.7. The number of ether oxygens (including phenoxy) is 1. The molecular weight excluding hydrogens is 284 g/mol. The van der Waals surface area contributed by atoms with Gasteiger partial charge in [-0.25, -0.2) is 0 Å². The topological polar surface area (TPSA) is 55.6 Å². The van der Waals surface area contributed by atoms with Gasteiger partial charge in [-0.2, -0.15) is 0 Å². The summed E-state index contributed by atoms with van der Waals surface area (Å²) >= 11 is 1.68. The molecule has 0 aliphatic rings. The third kappa shape index (κ3) is 7.07. The minimum Gasteiger partial charge on any atom is -0.383 e. The summed E-state index contributed by atoms with van der Waals surface area (Å²) in [6, 6.07) is 4.08. The maximum absolute atomic E-state index is 12.5. The molecule has 1 heterocycles. The Morgan fingerprint density at radius 1 is 1.48 bits per heavy atom. The maximum Gasteiger partial charge on any atom is 0.223 e. The minimum atomic E-state index is 0.177. The quantitative estimate of drug-likeness (QED) is 0.723. The van der Waals surface area contributed by atoms with Gasteiger partial charge in [0.25, 0.3) is 0 Å². The highest BCUT2D eigenvalue weighted by Gasteiger charge is 2.19. The van der Waals surface area contributed by atoms with Gasteiger partial charge >= 0.3 is 0 Å². The predicted octanol–water partition coefficient (Wildman–Crippen LogP) is 2.73. The van der Waals surface area contributed by atoms with Crippen LogP contribution < -0.4 is 5.73 Å². The highest BCUT2D eigenvalue weighted by Crippen LogP contribution is 2.18. The van der Waals surface area contributed by atoms with Crippen LogP contribution in [0.1, 0.15) is 31.6 Å². The van der Waals surface area contributed by atoms with Crippen molar-refractivity contribution in [3.8, 4) is 0 Å². The second-order valence-electron chi connectivity index (χ2n) is 5.82. The molecule has 1 aromatic heterocycles. The lowest BCUT2D eigenvalue weighted by molar-refractivity contribution is -0.133. The molecule has 4 nitrogen and oxygen atoms in total. The molecule has 0 saturated heterocycles. The van der Waals surface area contributed by atoms with Gasteiger partial charge in [0, 0.05) is 25.0 Å². The van der Waals surface area contributed by atoms with Crippen LogP contribution in [-0.2, 0) is 16.1 Å². The standard InChI is InChI=1S/C16H28N2O2S/c1-13(2)9-14(11-17)10-16(19)18(6-7-20-3)12-15-5-4-8-21-15/h4-5,8,13-14H,6-7,9-12,17H2,1-3H3/t14-/m0/s1. The molecule has 2 N–H and O–H groups in total. The number of thiophene rings is 1. The summed E-state index contributed by atoms with van der Waals surface area (Å²) in [5, 5.41) is 2.04. The summed E-state index contributed by atoms with van der Waals surface area (Å²) in [5.74, 6) is 1.01. The number of carbonyl (C=O) groups is 1. The summed E-state index contributed by atoms with van der Waals surface area (Å²) in [4.78, 5) is 15.6. The van der Waals surface area contributed by atoms with Gasteiger partial charge in [0.2, 0.25) is 5.91 Å². The van der Waals surface area contributed by atoms with Crippen molar-refractivity contribution in [2.75, 3.05) is 26.8 Å². The van der Waals surface area contributed by atoms with Gasteiger partial charge in [-0.15, -0.1) is 11.3 Å². The molecule has 0 saturated carbocycles. The van der Waals surface area contributed by atoms with Gasteiger partial charge in [-0.05, 0) is 36.2 Å². The molecule has 1 rings (SSSR count). The van der Waals surface area contributed by atoms with Crippen LogP contribution in [0.15, 0.2) is 17.5 Å². The fraction of sp³-hybridized carbons (Fsp3) is 0.688. The Kier molecular flexibility index (Phi) is 8.57. The molecule has 0 spiro atoms. The lowest BCUT2D eigenvalue weighted by atomic mass is 9.94. The molecule has 0 aromatic carbocycles. The van der Waals surface area contributed by atoms with Crippen molar-refractivity contribution < 1.29 is 9.53 Å². The summed E-state index contributed by atoms with van der Waals surface area (Å²) < 4.78 is 5.12. The van der Waals surface area contributed by atoms with Crippen molar-refractivity contribution in [1.82, 2.24) is 4.90 Å². The first kappa shape index (κ1) is 18.1. The van der Waals surface area contributed by atoms with E-state index in [1.165, 1.54) is 4.88 Å². The number of rotatable bonds is 10. The van der Waals surface area contributed by atoms with E-state index < -0.39 is 0 Å². The third-order valence-electron chi connectivity index (χ3n) is 3.45. The molecule has 0 bridgehead atoms. The lowest BCUT2D eigenvalue weighted by Gasteiger charge is -2.25. The van der Waals surface area contributed by atoms with E-state index in [0.29, 0.717) is 38.6 Å². The van der Waals surface area contributed by atoms with Gasteiger partial charge in [-0.1, -0.05) is 19.9 Å². The molecule has 1 amide bonds. The number of hydrogen-bond donors (Lipinski definition) is 1. The van der Waals surface area contributed by atoms with E-state index in [2.05, 4.69) is 19.9 Å². The average Bonchev–Trinajstić information content (AvgIpc) is 2.94. The van der Waals surface area contributed by atoms with Crippen LogP contribution in [0.3, 0.4) is 0 Å². The van der Waals surface area contributed by atoms with Crippen molar-refractivity contribution >= 4 is 17.2 Å². The van der Waals surface area contributed by atoms with Gasteiger partial charge in [0.1, 0.15) is 0 Å². The fourth-order valence-electron chi connectivity index (χ4n) is 2.39. The van der Waals surface area contributed by atoms with Crippen LogP contribution in [0.5, 0.6) is 0 Å². The summed E-state index contributed by atoms with van der Waals surface area (Å²) in [7, 11) is 1.66. The van der Waals surface area contributed by atoms with E-state index in [0.717, 1.165) is 6.42 Å². The highest BCUT2D eigenvalue weighted by molar-refractivity contribution is 7.09. The first-order valence-corrected chi connectivity index (χ1v) is 8.43. The number of methoxy groups -OCH3 is 1. The van der Waals surface area contributed by atoms with Crippen LogP contribution >= 0.6 is 11.3 Å². The number of amides is 1. The van der Waals surface area contributed by atoms with Gasteiger partial charge < -0.3 is 15.4 Å². The first-order valence-electron chi connectivity index (χ1n) is 7.56. The van der Waals surface area contributed by atoms with Crippen LogP contribution in [0.25, 0.3) is 0 Å². The molecule has 0 unspecified atom stereocenters. The van der Waals surface area contributed by atoms with E-state index in [1.807, 2.05) is 16.3 Å². The fourth-order valence-corrected chi connectivity index (χ4v) is 3.11. The van der Waals surface area contributed by atoms with Crippen molar-refractivity contribution in [2.45, 2.75) is 33.2 Å². The lowest BCUT2D eigenvalue weighted by Crippen LogP contribution is -2.35. The van der Waals surface area contributed by atoms with Crippen molar-refractivity contribution in [1.29, 1.82) is 0 Å². The van der Waals surface area contributed by atoms with Crippen LogP contribution in [0.2, 0.25) is 0 Å². The number of hydrogen-bond acceptors (Lipinski definition) is 4. The molecule has 120 valence electrons. The van der Waals surface area contributed by atoms with E-state index in [-0.39, 0.29) is 11.8 Å². The van der Waals surface area contributed by atoms with Gasteiger partial charge in [0.15, 0.2) is 0 Å². The number of nitrogens with zero attached hydrogens (tertiary/aromatic N) is 1. The number of nitrogens with two attached hydrogens (primary N) is 1. The molecular formula is C16H28N2O2S. The molecule has 1 atom stereocenters. The molecule has 0 aliphatic carbocycles. The summed E-state index contributed by atoms with van der Waals surface area (Å²) in [6.45, 7) is 6.77. The molecule has 0 aliphatic heterocycles. The smallest absolute Gasteiger partial charge is 0.223 e. The second kappa shape index (κ2) is 9.92. The Morgan fingerprint density at radius 2 is 2.24 bits per heavy atom. The Balaban J connectivity index is 2.60. The Bertz CT molecular complexity index is 393. The minimum absolute atomic E-state index is 0.177. The largest absolute Gasteiger partial charge is 0.383 e. The molecule has 1 aromatic rings. The van der Waals surface area contributed by atoms with Gasteiger partial charge in [0.05, 0.1) is 13.2 Å². The maximum atomic E-state index is 12.5. The zero-order valence-electron chi connectivity index (χ0n) is 13.4. The third-order valence-corrected chi connectivity index (χ3v) is 4.31. The molecule has 5 heteroatoms. The SMILES string of the molecule is COCCN(Cc1cccs1)C(=O)C[C@@H](CN)CC(C)C. The number of carbonyl (C=O) groups excluding carboxylic acids is 1. The van der Waals surface area contributed by atoms with E-state index in [4.69, 9.17) is 10.5 Å². The van der Waals surface area contributed by atoms with E-state index in [1.54, 1.807) is 18.4 Å². The second-order valence-corrected chi connectivity index (χ2v) is 6.86. The van der Waals surface area contributed by atoms with Gasteiger partial charge in [-0.3, -0.25) is 4.79 Å². The molecule has 0 radical (unpaired) electrons. The summed E-state index contributed by atoms with van der Waals surface area (Å²) in [5.41, 5.74) is 5.81. The Labute approximate surface area is 132 Å². The normalized spacial score (nSPS) is 12.6. The van der Waals surface area contributed by atoms with E-state index in [9.17, 15) is 4.79 Å². The van der Waals surface area contributed by atoms with Crippen molar-refractivity contribution in [3.63, 3.8) is 0 Å². The molecule has 0 fully saturated rings. The average molecular weight is 312 g/mol. The predicted molar refractivity (Wildman–Crippen MR) is 88.2 cm³/mol.